The van der Waals surface area contributed by atoms with Crippen LogP contribution in [0.1, 0.15) is 15.9 Å². The molecule has 7 heteroatoms. The molecule has 0 bridgehead atoms. The molecular formula is C17H11FN2O2S2. The van der Waals surface area contributed by atoms with Gasteiger partial charge in [0.25, 0.3) is 11.8 Å². The number of hydrogen-bond acceptors (Lipinski definition) is 4. The van der Waals surface area contributed by atoms with Gasteiger partial charge in [-0.05, 0) is 36.5 Å². The Morgan fingerprint density at radius 2 is 1.79 bits per heavy atom. The molecule has 1 N–H and O–H groups in total. The number of thioether (sulfide) groups is 1. The quantitative estimate of drug-likeness (QED) is 0.675. The van der Waals surface area contributed by atoms with Crippen molar-refractivity contribution in [3.8, 4) is 0 Å². The van der Waals surface area contributed by atoms with Crippen molar-refractivity contribution in [2.45, 2.75) is 0 Å². The normalized spacial score (nSPS) is 15.9. The lowest BCUT2D eigenvalue weighted by Crippen LogP contribution is -2.44. The minimum absolute atomic E-state index is 0.187. The third kappa shape index (κ3) is 3.37. The summed E-state index contributed by atoms with van der Waals surface area (Å²) in [6.07, 6.45) is 1.42. The van der Waals surface area contributed by atoms with Crippen molar-refractivity contribution in [2.24, 2.45) is 0 Å². The van der Waals surface area contributed by atoms with Crippen LogP contribution < -0.4 is 5.43 Å². The van der Waals surface area contributed by atoms with Gasteiger partial charge in [-0.3, -0.25) is 15.0 Å². The second-order valence-electron chi connectivity index (χ2n) is 4.85. The lowest BCUT2D eigenvalue weighted by atomic mass is 10.2. The number of carbonyl (C=O) groups excluding carboxylic acids is 2. The van der Waals surface area contributed by atoms with Crippen LogP contribution in [0.15, 0.2) is 59.5 Å². The second kappa shape index (κ2) is 6.94. The molecule has 1 saturated heterocycles. The fraction of sp³-hybridized carbons (Fsp3) is 0. The number of nitrogens with one attached hydrogen (secondary N) is 1. The molecule has 0 spiro atoms. The van der Waals surface area contributed by atoms with Crippen molar-refractivity contribution in [1.29, 1.82) is 0 Å². The number of rotatable bonds is 3. The molecule has 4 nitrogen and oxygen atoms in total. The van der Waals surface area contributed by atoms with Crippen LogP contribution in [0.3, 0.4) is 0 Å². The SMILES string of the molecule is O=C(NN1C(=O)/C(=C\c2ccccc2F)SC1=S)c1ccccc1. The van der Waals surface area contributed by atoms with Crippen LogP contribution in [-0.4, -0.2) is 21.1 Å². The monoisotopic (exact) mass is 358 g/mol. The Bertz CT molecular complexity index is 853. The van der Waals surface area contributed by atoms with Gasteiger partial charge in [0.05, 0.1) is 4.91 Å². The van der Waals surface area contributed by atoms with Gasteiger partial charge in [0.2, 0.25) is 0 Å². The second-order valence-corrected chi connectivity index (χ2v) is 6.52. The van der Waals surface area contributed by atoms with Crippen LogP contribution in [0, 0.1) is 5.82 Å². The summed E-state index contributed by atoms with van der Waals surface area (Å²) in [4.78, 5) is 24.8. The maximum Gasteiger partial charge on any atom is 0.285 e. The molecule has 2 aromatic carbocycles. The summed E-state index contributed by atoms with van der Waals surface area (Å²) in [6.45, 7) is 0. The van der Waals surface area contributed by atoms with Gasteiger partial charge in [0, 0.05) is 11.1 Å². The summed E-state index contributed by atoms with van der Waals surface area (Å²) in [6, 6.07) is 14.6. The largest absolute Gasteiger partial charge is 0.285 e. The van der Waals surface area contributed by atoms with Gasteiger partial charge in [-0.2, -0.15) is 5.01 Å². The molecule has 1 heterocycles. The number of halogens is 1. The van der Waals surface area contributed by atoms with E-state index >= 15 is 0 Å². The van der Waals surface area contributed by atoms with Crippen molar-refractivity contribution < 1.29 is 14.0 Å². The fourth-order valence-corrected chi connectivity index (χ4v) is 3.22. The van der Waals surface area contributed by atoms with E-state index in [1.165, 1.54) is 12.1 Å². The Morgan fingerprint density at radius 3 is 2.50 bits per heavy atom. The van der Waals surface area contributed by atoms with Crippen molar-refractivity contribution in [2.75, 3.05) is 0 Å². The first-order valence-corrected chi connectivity index (χ1v) is 8.17. The molecule has 0 aromatic heterocycles. The van der Waals surface area contributed by atoms with Gasteiger partial charge in [-0.1, -0.05) is 48.2 Å². The Kier molecular flexibility index (Phi) is 4.73. The third-order valence-corrected chi connectivity index (χ3v) is 4.54. The summed E-state index contributed by atoms with van der Waals surface area (Å²) < 4.78 is 13.9. The molecule has 2 aromatic rings. The van der Waals surface area contributed by atoms with Gasteiger partial charge in [0.1, 0.15) is 5.82 Å². The predicted octanol–water partition coefficient (Wildman–Crippen LogP) is 3.37. The van der Waals surface area contributed by atoms with Crippen LogP contribution in [0.2, 0.25) is 0 Å². The molecule has 120 valence electrons. The number of benzene rings is 2. The van der Waals surface area contributed by atoms with E-state index in [4.69, 9.17) is 12.2 Å². The van der Waals surface area contributed by atoms with E-state index in [-0.39, 0.29) is 14.8 Å². The highest BCUT2D eigenvalue weighted by Crippen LogP contribution is 2.31. The molecule has 0 saturated carbocycles. The van der Waals surface area contributed by atoms with Crippen LogP contribution in [-0.2, 0) is 4.79 Å². The van der Waals surface area contributed by atoms with E-state index in [1.54, 1.807) is 48.5 Å². The van der Waals surface area contributed by atoms with E-state index in [0.29, 0.717) is 5.56 Å². The molecule has 0 unspecified atom stereocenters. The topological polar surface area (TPSA) is 49.4 Å². The number of carbonyl (C=O) groups is 2. The standard InChI is InChI=1S/C17H11FN2O2S2/c18-13-9-5-4-8-12(13)10-14-16(22)20(17(23)24-14)19-15(21)11-6-2-1-3-7-11/h1-10H,(H,19,21)/b14-10+. The Hall–Kier alpha value is -2.51. The molecule has 1 aliphatic heterocycles. The summed E-state index contributed by atoms with van der Waals surface area (Å²) >= 11 is 6.14. The number of hydrazine groups is 1. The first-order valence-electron chi connectivity index (χ1n) is 6.95. The fourth-order valence-electron chi connectivity index (χ4n) is 2.05. The van der Waals surface area contributed by atoms with Crippen molar-refractivity contribution in [3.63, 3.8) is 0 Å². The van der Waals surface area contributed by atoms with Gasteiger partial charge < -0.3 is 0 Å². The Morgan fingerprint density at radius 1 is 1.12 bits per heavy atom. The Labute approximate surface area is 147 Å². The summed E-state index contributed by atoms with van der Waals surface area (Å²) in [5, 5.41) is 1.00. The van der Waals surface area contributed by atoms with E-state index < -0.39 is 17.6 Å². The predicted molar refractivity (Wildman–Crippen MR) is 95.3 cm³/mol. The van der Waals surface area contributed by atoms with E-state index in [9.17, 15) is 14.0 Å². The van der Waals surface area contributed by atoms with Crippen LogP contribution >= 0.6 is 24.0 Å². The van der Waals surface area contributed by atoms with E-state index in [1.807, 2.05) is 0 Å². The minimum Gasteiger partial charge on any atom is -0.267 e. The van der Waals surface area contributed by atoms with Crippen molar-refractivity contribution in [3.05, 3.63) is 76.4 Å². The van der Waals surface area contributed by atoms with E-state index in [0.717, 1.165) is 16.8 Å². The van der Waals surface area contributed by atoms with Crippen LogP contribution in [0.5, 0.6) is 0 Å². The smallest absolute Gasteiger partial charge is 0.267 e. The highest BCUT2D eigenvalue weighted by atomic mass is 32.2. The number of hydrogen-bond donors (Lipinski definition) is 1. The average Bonchev–Trinajstić information content (AvgIpc) is 2.85. The maximum absolute atomic E-state index is 13.7. The first-order chi connectivity index (χ1) is 11.6. The summed E-state index contributed by atoms with van der Waals surface area (Å²) in [5.74, 6) is -1.37. The maximum atomic E-state index is 13.7. The van der Waals surface area contributed by atoms with Gasteiger partial charge in [0.15, 0.2) is 4.32 Å². The molecule has 2 amide bonds. The van der Waals surface area contributed by atoms with Gasteiger partial charge >= 0.3 is 0 Å². The number of amides is 2. The minimum atomic E-state index is -0.488. The van der Waals surface area contributed by atoms with Crippen LogP contribution in [0.25, 0.3) is 6.08 Å². The summed E-state index contributed by atoms with van der Waals surface area (Å²) in [7, 11) is 0. The van der Waals surface area contributed by atoms with Crippen molar-refractivity contribution in [1.82, 2.24) is 10.4 Å². The molecule has 3 rings (SSSR count). The first kappa shape index (κ1) is 16.4. The third-order valence-electron chi connectivity index (χ3n) is 3.23. The molecule has 0 radical (unpaired) electrons. The summed E-state index contributed by atoms with van der Waals surface area (Å²) in [5.41, 5.74) is 3.16. The number of thiocarbonyl (C=S) groups is 1. The molecule has 0 atom stereocenters. The van der Waals surface area contributed by atoms with E-state index in [2.05, 4.69) is 5.43 Å². The molecule has 24 heavy (non-hydrogen) atoms. The molecule has 0 aliphatic carbocycles. The average molecular weight is 358 g/mol. The van der Waals surface area contributed by atoms with Gasteiger partial charge in [-0.25, -0.2) is 4.39 Å². The Balaban J connectivity index is 1.80. The lowest BCUT2D eigenvalue weighted by molar-refractivity contribution is -0.123. The number of nitrogens with zero attached hydrogens (tertiary/aromatic N) is 1. The molecule has 1 aliphatic rings. The van der Waals surface area contributed by atoms with Gasteiger partial charge in [-0.15, -0.1) is 0 Å². The highest BCUT2D eigenvalue weighted by molar-refractivity contribution is 8.26. The van der Waals surface area contributed by atoms with Crippen molar-refractivity contribution >= 4 is 46.2 Å². The molecule has 1 fully saturated rings. The highest BCUT2D eigenvalue weighted by Gasteiger charge is 2.33. The zero-order valence-electron chi connectivity index (χ0n) is 12.2. The lowest BCUT2D eigenvalue weighted by Gasteiger charge is -2.15. The zero-order chi connectivity index (χ0) is 17.1. The van der Waals surface area contributed by atoms with Crippen LogP contribution in [0.4, 0.5) is 4.39 Å². The molecular weight excluding hydrogens is 347 g/mol. The zero-order valence-corrected chi connectivity index (χ0v) is 13.9.